The van der Waals surface area contributed by atoms with Gasteiger partial charge in [0.25, 0.3) is 5.91 Å². The van der Waals surface area contributed by atoms with Gasteiger partial charge in [-0.1, -0.05) is 30.3 Å². The Labute approximate surface area is 151 Å². The maximum Gasteiger partial charge on any atom is 0.322 e. The van der Waals surface area contributed by atoms with E-state index in [0.29, 0.717) is 11.3 Å². The molecule has 0 bridgehead atoms. The number of aliphatic carboxylic acids is 1. The molecule has 1 saturated carbocycles. The van der Waals surface area contributed by atoms with Crippen LogP contribution >= 0.6 is 0 Å². The molecule has 0 atom stereocenters. The van der Waals surface area contributed by atoms with Gasteiger partial charge >= 0.3 is 5.97 Å². The Morgan fingerprint density at radius 2 is 1.62 bits per heavy atom. The van der Waals surface area contributed by atoms with Crippen LogP contribution in [-0.4, -0.2) is 29.4 Å². The minimum absolute atomic E-state index is 0.00979. The number of carbonyl (C=O) groups excluding carboxylic acids is 2. The van der Waals surface area contributed by atoms with Crippen molar-refractivity contribution >= 4 is 23.5 Å². The lowest BCUT2D eigenvalue weighted by molar-refractivity contribution is -0.135. The highest BCUT2D eigenvalue weighted by molar-refractivity contribution is 5.99. The Bertz CT molecular complexity index is 811. The lowest BCUT2D eigenvalue weighted by Gasteiger charge is -2.15. The number of carboxylic acids is 1. The topological polar surface area (TPSA) is 95.5 Å². The van der Waals surface area contributed by atoms with Crippen molar-refractivity contribution in [1.82, 2.24) is 5.32 Å². The largest absolute Gasteiger partial charge is 0.480 e. The van der Waals surface area contributed by atoms with Crippen LogP contribution in [0.4, 0.5) is 5.69 Å². The van der Waals surface area contributed by atoms with Crippen LogP contribution in [0, 0.1) is 5.41 Å². The second kappa shape index (κ2) is 7.39. The molecule has 0 aromatic heterocycles. The Hall–Kier alpha value is -3.15. The van der Waals surface area contributed by atoms with Gasteiger partial charge in [-0.2, -0.15) is 0 Å². The molecule has 0 saturated heterocycles. The molecule has 2 aromatic rings. The summed E-state index contributed by atoms with van der Waals surface area (Å²) < 4.78 is 0. The number of carboxylic acid groups (broad SMARTS) is 1. The molecule has 0 spiro atoms. The lowest BCUT2D eigenvalue weighted by Crippen LogP contribution is -2.29. The molecule has 1 fully saturated rings. The molecule has 0 heterocycles. The van der Waals surface area contributed by atoms with Crippen molar-refractivity contribution in [3.63, 3.8) is 0 Å². The second-order valence-electron chi connectivity index (χ2n) is 6.55. The molecule has 3 N–H and O–H groups in total. The Kier molecular flexibility index (Phi) is 5.02. The van der Waals surface area contributed by atoms with Gasteiger partial charge in [-0.05, 0) is 49.1 Å². The lowest BCUT2D eigenvalue weighted by atomic mass is 9.95. The molecule has 6 heteroatoms. The van der Waals surface area contributed by atoms with Gasteiger partial charge < -0.3 is 15.7 Å². The minimum atomic E-state index is -1.10. The fourth-order valence-corrected chi connectivity index (χ4v) is 2.85. The maximum absolute atomic E-state index is 12.6. The summed E-state index contributed by atoms with van der Waals surface area (Å²) in [4.78, 5) is 34.9. The van der Waals surface area contributed by atoms with Crippen molar-refractivity contribution in [1.29, 1.82) is 0 Å². The van der Waals surface area contributed by atoms with Crippen LogP contribution in [0.1, 0.15) is 28.8 Å². The van der Waals surface area contributed by atoms with E-state index in [0.717, 1.165) is 24.8 Å². The predicted molar refractivity (Wildman–Crippen MR) is 96.9 cm³/mol. The minimum Gasteiger partial charge on any atom is -0.480 e. The predicted octanol–water partition coefficient (Wildman–Crippen LogP) is 2.46. The van der Waals surface area contributed by atoms with Gasteiger partial charge in [-0.15, -0.1) is 0 Å². The smallest absolute Gasteiger partial charge is 0.322 e. The first kappa shape index (κ1) is 17.7. The van der Waals surface area contributed by atoms with E-state index in [-0.39, 0.29) is 11.3 Å². The third-order valence-corrected chi connectivity index (χ3v) is 4.53. The summed E-state index contributed by atoms with van der Waals surface area (Å²) in [7, 11) is 0. The maximum atomic E-state index is 12.6. The molecule has 3 rings (SSSR count). The number of hydrogen-bond acceptors (Lipinski definition) is 3. The number of nitrogens with one attached hydrogen (secondary N) is 2. The van der Waals surface area contributed by atoms with E-state index in [1.165, 1.54) is 0 Å². The van der Waals surface area contributed by atoms with Crippen LogP contribution in [0.5, 0.6) is 0 Å². The molecule has 26 heavy (non-hydrogen) atoms. The molecule has 0 radical (unpaired) electrons. The summed E-state index contributed by atoms with van der Waals surface area (Å²) in [6.45, 7) is -0.431. The number of anilines is 1. The van der Waals surface area contributed by atoms with Crippen LogP contribution in [0.3, 0.4) is 0 Å². The molecule has 0 aliphatic heterocycles. The number of hydrogen-bond donors (Lipinski definition) is 3. The molecule has 0 unspecified atom stereocenters. The number of carbonyl (C=O) groups is 3. The third-order valence-electron chi connectivity index (χ3n) is 4.53. The van der Waals surface area contributed by atoms with Crippen molar-refractivity contribution in [2.45, 2.75) is 19.3 Å². The monoisotopic (exact) mass is 352 g/mol. The zero-order valence-corrected chi connectivity index (χ0v) is 14.2. The SMILES string of the molecule is O=C(O)CNC(=O)c1ccc(NC(=O)C2(Cc3ccccc3)CC2)cc1. The van der Waals surface area contributed by atoms with Crippen LogP contribution in [0.2, 0.25) is 0 Å². The first-order chi connectivity index (χ1) is 12.5. The van der Waals surface area contributed by atoms with Crippen LogP contribution in [-0.2, 0) is 16.0 Å². The van der Waals surface area contributed by atoms with Gasteiger partial charge in [-0.25, -0.2) is 0 Å². The Morgan fingerprint density at radius 3 is 2.19 bits per heavy atom. The van der Waals surface area contributed by atoms with Crippen LogP contribution in [0.15, 0.2) is 54.6 Å². The summed E-state index contributed by atoms with van der Waals surface area (Å²) in [6.07, 6.45) is 2.45. The quantitative estimate of drug-likeness (QED) is 0.713. The van der Waals surface area contributed by atoms with Gasteiger partial charge in [0.15, 0.2) is 0 Å². The molecular weight excluding hydrogens is 332 g/mol. The van der Waals surface area contributed by atoms with Crippen molar-refractivity contribution in [2.75, 3.05) is 11.9 Å². The highest BCUT2D eigenvalue weighted by Gasteiger charge is 2.49. The van der Waals surface area contributed by atoms with Gasteiger partial charge in [0.2, 0.25) is 5.91 Å². The highest BCUT2D eigenvalue weighted by Crippen LogP contribution is 2.49. The van der Waals surface area contributed by atoms with E-state index >= 15 is 0 Å². The van der Waals surface area contributed by atoms with E-state index in [1.807, 2.05) is 30.3 Å². The molecule has 1 aliphatic carbocycles. The van der Waals surface area contributed by atoms with E-state index in [1.54, 1.807) is 24.3 Å². The average Bonchev–Trinajstić information content (AvgIpc) is 3.42. The number of benzene rings is 2. The van der Waals surface area contributed by atoms with Crippen molar-refractivity contribution in [3.05, 3.63) is 65.7 Å². The van der Waals surface area contributed by atoms with E-state index in [2.05, 4.69) is 10.6 Å². The average molecular weight is 352 g/mol. The van der Waals surface area contributed by atoms with Gasteiger partial charge in [-0.3, -0.25) is 14.4 Å². The van der Waals surface area contributed by atoms with Gasteiger partial charge in [0.05, 0.1) is 5.41 Å². The van der Waals surface area contributed by atoms with Crippen molar-refractivity contribution < 1.29 is 19.5 Å². The molecule has 2 amide bonds. The number of amides is 2. The fraction of sp³-hybridized carbons (Fsp3) is 0.250. The van der Waals surface area contributed by atoms with E-state index in [9.17, 15) is 14.4 Å². The second-order valence-corrected chi connectivity index (χ2v) is 6.55. The van der Waals surface area contributed by atoms with Crippen LogP contribution in [0.25, 0.3) is 0 Å². The molecule has 1 aliphatic rings. The normalized spacial score (nSPS) is 14.3. The molecular formula is C20H20N2O4. The standard InChI is InChI=1S/C20H20N2O4/c23-17(24)13-21-18(25)15-6-8-16(9-7-15)22-19(26)20(10-11-20)12-14-4-2-1-3-5-14/h1-9H,10-13H2,(H,21,25)(H,22,26)(H,23,24). The molecule has 6 nitrogen and oxygen atoms in total. The van der Waals surface area contributed by atoms with Gasteiger partial charge in [0, 0.05) is 11.3 Å². The fourth-order valence-electron chi connectivity index (χ4n) is 2.85. The van der Waals surface area contributed by atoms with E-state index < -0.39 is 18.4 Å². The van der Waals surface area contributed by atoms with Crippen LogP contribution < -0.4 is 10.6 Å². The summed E-state index contributed by atoms with van der Waals surface area (Å²) in [5.74, 6) is -1.58. The molecule has 134 valence electrons. The molecule has 2 aromatic carbocycles. The highest BCUT2D eigenvalue weighted by atomic mass is 16.4. The summed E-state index contributed by atoms with van der Waals surface area (Å²) in [5.41, 5.74) is 1.75. The Morgan fingerprint density at radius 1 is 0.962 bits per heavy atom. The Balaban J connectivity index is 1.59. The zero-order valence-electron chi connectivity index (χ0n) is 14.2. The third kappa shape index (κ3) is 4.27. The van der Waals surface area contributed by atoms with Gasteiger partial charge in [0.1, 0.15) is 6.54 Å². The number of rotatable bonds is 7. The zero-order chi connectivity index (χ0) is 18.6. The first-order valence-electron chi connectivity index (χ1n) is 8.44. The summed E-state index contributed by atoms with van der Waals surface area (Å²) in [6, 6.07) is 16.4. The van der Waals surface area contributed by atoms with Crippen molar-refractivity contribution in [2.24, 2.45) is 5.41 Å². The van der Waals surface area contributed by atoms with Crippen molar-refractivity contribution in [3.8, 4) is 0 Å². The van der Waals surface area contributed by atoms with E-state index in [4.69, 9.17) is 5.11 Å². The summed E-state index contributed by atoms with van der Waals surface area (Å²) in [5, 5.41) is 13.8. The first-order valence-corrected chi connectivity index (χ1v) is 8.44. The summed E-state index contributed by atoms with van der Waals surface area (Å²) >= 11 is 0.